The van der Waals surface area contributed by atoms with Gasteiger partial charge in [0.25, 0.3) is 0 Å². The number of amides is 1. The number of halogens is 1. The molecule has 0 bridgehead atoms. The zero-order chi connectivity index (χ0) is 13.8. The minimum Gasteiger partial charge on any atom is -0.370 e. The van der Waals surface area contributed by atoms with E-state index in [4.69, 9.17) is 0 Å². The summed E-state index contributed by atoms with van der Waals surface area (Å²) in [6.07, 6.45) is 2.75. The second-order valence-corrected chi connectivity index (χ2v) is 5.50. The molecule has 19 heavy (non-hydrogen) atoms. The largest absolute Gasteiger partial charge is 0.370 e. The Labute approximate surface area is 113 Å². The molecule has 0 radical (unpaired) electrons. The highest BCUT2D eigenvalue weighted by Gasteiger charge is 2.17. The van der Waals surface area contributed by atoms with Crippen molar-refractivity contribution in [2.75, 3.05) is 23.3 Å². The van der Waals surface area contributed by atoms with Gasteiger partial charge in [-0.15, -0.1) is 0 Å². The molecular formula is C15H21FN2O. The third kappa shape index (κ3) is 3.69. The number of nitrogens with zero attached hydrogens (tertiary/aromatic N) is 1. The van der Waals surface area contributed by atoms with E-state index in [1.54, 1.807) is 6.07 Å². The molecule has 1 fully saturated rings. The Bertz CT molecular complexity index is 453. The molecule has 1 aliphatic rings. The van der Waals surface area contributed by atoms with Crippen molar-refractivity contribution in [3.8, 4) is 0 Å². The number of carbonyl (C=O) groups excluding carboxylic acids is 1. The highest BCUT2D eigenvalue weighted by atomic mass is 19.1. The van der Waals surface area contributed by atoms with Crippen LogP contribution >= 0.6 is 0 Å². The van der Waals surface area contributed by atoms with Crippen LogP contribution in [0.2, 0.25) is 0 Å². The first-order chi connectivity index (χ1) is 9.06. The third-order valence-corrected chi connectivity index (χ3v) is 3.27. The molecule has 1 heterocycles. The van der Waals surface area contributed by atoms with Gasteiger partial charge in [0.05, 0.1) is 11.4 Å². The fraction of sp³-hybridized carbons (Fsp3) is 0.533. The van der Waals surface area contributed by atoms with E-state index in [0.29, 0.717) is 18.0 Å². The lowest BCUT2D eigenvalue weighted by Crippen LogP contribution is -2.21. The molecule has 2 rings (SSSR count). The monoisotopic (exact) mass is 264 g/mol. The first-order valence-corrected chi connectivity index (χ1v) is 6.90. The Morgan fingerprint density at radius 2 is 2.05 bits per heavy atom. The molecule has 104 valence electrons. The summed E-state index contributed by atoms with van der Waals surface area (Å²) in [7, 11) is 0. The van der Waals surface area contributed by atoms with E-state index in [2.05, 4.69) is 10.2 Å². The zero-order valence-corrected chi connectivity index (χ0v) is 11.6. The Morgan fingerprint density at radius 1 is 1.37 bits per heavy atom. The molecule has 1 aliphatic heterocycles. The Hall–Kier alpha value is -1.58. The van der Waals surface area contributed by atoms with Gasteiger partial charge in [-0.05, 0) is 37.0 Å². The number of anilines is 2. The van der Waals surface area contributed by atoms with Crippen LogP contribution < -0.4 is 10.2 Å². The molecule has 0 spiro atoms. The third-order valence-electron chi connectivity index (χ3n) is 3.27. The highest BCUT2D eigenvalue weighted by Crippen LogP contribution is 2.29. The van der Waals surface area contributed by atoms with Gasteiger partial charge in [0, 0.05) is 19.5 Å². The summed E-state index contributed by atoms with van der Waals surface area (Å²) >= 11 is 0. The normalized spacial score (nSPS) is 15.1. The summed E-state index contributed by atoms with van der Waals surface area (Å²) in [5, 5.41) is 2.84. The van der Waals surface area contributed by atoms with Crippen LogP contribution in [-0.2, 0) is 4.79 Å². The van der Waals surface area contributed by atoms with Gasteiger partial charge in [-0.25, -0.2) is 4.39 Å². The molecule has 1 amide bonds. The molecule has 0 unspecified atom stereocenters. The first kappa shape index (κ1) is 13.8. The molecule has 1 saturated heterocycles. The van der Waals surface area contributed by atoms with Crippen molar-refractivity contribution < 1.29 is 9.18 Å². The van der Waals surface area contributed by atoms with Gasteiger partial charge < -0.3 is 10.2 Å². The van der Waals surface area contributed by atoms with Gasteiger partial charge in [-0.1, -0.05) is 13.8 Å². The van der Waals surface area contributed by atoms with Crippen molar-refractivity contribution in [1.82, 2.24) is 0 Å². The minimum atomic E-state index is -0.317. The standard InChI is InChI=1S/C15H21FN2O/c1-11(2)9-15(19)17-13-10-12(16)5-6-14(13)18-7-3-4-8-18/h5-6,10-11H,3-4,7-9H2,1-2H3,(H,17,19). The van der Waals surface area contributed by atoms with Gasteiger partial charge in [-0.2, -0.15) is 0 Å². The van der Waals surface area contributed by atoms with Crippen molar-refractivity contribution in [2.45, 2.75) is 33.1 Å². The predicted molar refractivity (Wildman–Crippen MR) is 75.9 cm³/mol. The predicted octanol–water partition coefficient (Wildman–Crippen LogP) is 3.41. The van der Waals surface area contributed by atoms with Gasteiger partial charge in [0.2, 0.25) is 5.91 Å². The topological polar surface area (TPSA) is 32.3 Å². The van der Waals surface area contributed by atoms with Crippen LogP contribution in [0.3, 0.4) is 0 Å². The van der Waals surface area contributed by atoms with Crippen LogP contribution in [0.15, 0.2) is 18.2 Å². The van der Waals surface area contributed by atoms with Crippen molar-refractivity contribution in [3.05, 3.63) is 24.0 Å². The Morgan fingerprint density at radius 3 is 2.68 bits per heavy atom. The zero-order valence-electron chi connectivity index (χ0n) is 11.6. The van der Waals surface area contributed by atoms with Crippen LogP contribution in [0.1, 0.15) is 33.1 Å². The van der Waals surface area contributed by atoms with Crippen LogP contribution in [0.5, 0.6) is 0 Å². The first-order valence-electron chi connectivity index (χ1n) is 6.90. The van der Waals surface area contributed by atoms with Gasteiger partial charge >= 0.3 is 0 Å². The maximum Gasteiger partial charge on any atom is 0.224 e. The van der Waals surface area contributed by atoms with E-state index in [1.165, 1.54) is 12.1 Å². The lowest BCUT2D eigenvalue weighted by molar-refractivity contribution is -0.116. The lowest BCUT2D eigenvalue weighted by atomic mass is 10.1. The van der Waals surface area contributed by atoms with E-state index in [-0.39, 0.29) is 11.7 Å². The van der Waals surface area contributed by atoms with Crippen molar-refractivity contribution >= 4 is 17.3 Å². The summed E-state index contributed by atoms with van der Waals surface area (Å²) in [6, 6.07) is 4.61. The summed E-state index contributed by atoms with van der Waals surface area (Å²) in [5.41, 5.74) is 1.52. The van der Waals surface area contributed by atoms with Crippen LogP contribution in [-0.4, -0.2) is 19.0 Å². The van der Waals surface area contributed by atoms with Gasteiger partial charge in [0.1, 0.15) is 5.82 Å². The van der Waals surface area contributed by atoms with E-state index in [0.717, 1.165) is 31.6 Å². The number of hydrogen-bond acceptors (Lipinski definition) is 2. The molecule has 1 aromatic carbocycles. The summed E-state index contributed by atoms with van der Waals surface area (Å²) in [6.45, 7) is 5.93. The quantitative estimate of drug-likeness (QED) is 0.903. The van der Waals surface area contributed by atoms with Crippen LogP contribution in [0, 0.1) is 11.7 Å². The van der Waals surface area contributed by atoms with Crippen molar-refractivity contribution in [2.24, 2.45) is 5.92 Å². The summed E-state index contributed by atoms with van der Waals surface area (Å²) in [5.74, 6) is -0.0763. The fourth-order valence-electron chi connectivity index (χ4n) is 2.41. The SMILES string of the molecule is CC(C)CC(=O)Nc1cc(F)ccc1N1CCCC1. The van der Waals surface area contributed by atoms with Gasteiger partial charge in [-0.3, -0.25) is 4.79 Å². The van der Waals surface area contributed by atoms with Crippen LogP contribution in [0.4, 0.5) is 15.8 Å². The Balaban J connectivity index is 2.17. The molecule has 0 aliphatic carbocycles. The van der Waals surface area contributed by atoms with E-state index in [1.807, 2.05) is 13.8 Å². The molecule has 1 N–H and O–H groups in total. The molecular weight excluding hydrogens is 243 g/mol. The Kier molecular flexibility index (Phi) is 4.40. The molecule has 1 aromatic rings. The smallest absolute Gasteiger partial charge is 0.224 e. The molecule has 0 saturated carbocycles. The number of benzene rings is 1. The molecule has 4 heteroatoms. The second kappa shape index (κ2) is 6.04. The van der Waals surface area contributed by atoms with Crippen molar-refractivity contribution in [1.29, 1.82) is 0 Å². The minimum absolute atomic E-state index is 0.0546. The lowest BCUT2D eigenvalue weighted by Gasteiger charge is -2.21. The summed E-state index contributed by atoms with van der Waals surface area (Å²) < 4.78 is 13.4. The summed E-state index contributed by atoms with van der Waals surface area (Å²) in [4.78, 5) is 14.0. The van der Waals surface area contributed by atoms with Crippen LogP contribution in [0.25, 0.3) is 0 Å². The maximum atomic E-state index is 13.4. The number of nitrogens with one attached hydrogen (secondary N) is 1. The number of rotatable bonds is 4. The molecule has 3 nitrogen and oxygen atoms in total. The van der Waals surface area contributed by atoms with E-state index >= 15 is 0 Å². The van der Waals surface area contributed by atoms with E-state index < -0.39 is 0 Å². The number of hydrogen-bond donors (Lipinski definition) is 1. The van der Waals surface area contributed by atoms with E-state index in [9.17, 15) is 9.18 Å². The van der Waals surface area contributed by atoms with Gasteiger partial charge in [0.15, 0.2) is 0 Å². The molecule has 0 atom stereocenters. The highest BCUT2D eigenvalue weighted by molar-refractivity contribution is 5.94. The maximum absolute atomic E-state index is 13.4. The molecule has 0 aromatic heterocycles. The number of carbonyl (C=O) groups is 1. The average Bonchev–Trinajstić information content (AvgIpc) is 2.81. The fourth-order valence-corrected chi connectivity index (χ4v) is 2.41. The van der Waals surface area contributed by atoms with Crippen molar-refractivity contribution in [3.63, 3.8) is 0 Å². The second-order valence-electron chi connectivity index (χ2n) is 5.50. The average molecular weight is 264 g/mol.